The molecule has 0 bridgehead atoms. The number of hydrogen-bond donors (Lipinski definition) is 0. The Balaban J connectivity index is 2.24. The Morgan fingerprint density at radius 2 is 2.25 bits per heavy atom. The molecule has 106 valence electrons. The molecule has 3 rings (SSSR count). The minimum absolute atomic E-state index is 0.0194. The van der Waals surface area contributed by atoms with E-state index in [4.69, 9.17) is 4.74 Å². The lowest BCUT2D eigenvalue weighted by Gasteiger charge is -2.16. The molecule has 0 N–H and O–H groups in total. The SMILES string of the molecule is CCOC(=O)c1sc2nc3n(c(=O)c2c1C)CCCC3. The molecule has 2 aromatic rings. The van der Waals surface area contributed by atoms with E-state index in [1.807, 2.05) is 0 Å². The van der Waals surface area contributed by atoms with Gasteiger partial charge in [-0.05, 0) is 32.3 Å². The highest BCUT2D eigenvalue weighted by molar-refractivity contribution is 7.20. The first-order valence-corrected chi connectivity index (χ1v) is 7.65. The van der Waals surface area contributed by atoms with E-state index in [-0.39, 0.29) is 11.5 Å². The van der Waals surface area contributed by atoms with Crippen LogP contribution in [0.1, 0.15) is 40.8 Å². The van der Waals surface area contributed by atoms with E-state index in [1.54, 1.807) is 18.4 Å². The van der Waals surface area contributed by atoms with Crippen molar-refractivity contribution in [3.63, 3.8) is 0 Å². The Kier molecular flexibility index (Phi) is 3.33. The number of thiophene rings is 1. The monoisotopic (exact) mass is 292 g/mol. The maximum absolute atomic E-state index is 12.6. The van der Waals surface area contributed by atoms with Crippen LogP contribution < -0.4 is 5.56 Å². The van der Waals surface area contributed by atoms with Crippen molar-refractivity contribution in [3.8, 4) is 0 Å². The van der Waals surface area contributed by atoms with Crippen LogP contribution in [0.3, 0.4) is 0 Å². The summed E-state index contributed by atoms with van der Waals surface area (Å²) in [5.41, 5.74) is 0.677. The van der Waals surface area contributed by atoms with E-state index in [2.05, 4.69) is 4.98 Å². The quantitative estimate of drug-likeness (QED) is 0.797. The number of nitrogens with zero attached hydrogens (tertiary/aromatic N) is 2. The normalized spacial score (nSPS) is 14.3. The van der Waals surface area contributed by atoms with E-state index in [1.165, 1.54) is 11.3 Å². The van der Waals surface area contributed by atoms with Crippen LogP contribution in [0, 0.1) is 6.92 Å². The molecular formula is C14H16N2O3S. The zero-order valence-corrected chi connectivity index (χ0v) is 12.4. The summed E-state index contributed by atoms with van der Waals surface area (Å²) in [7, 11) is 0. The van der Waals surface area contributed by atoms with Gasteiger partial charge in [-0.25, -0.2) is 9.78 Å². The Labute approximate surface area is 120 Å². The molecular weight excluding hydrogens is 276 g/mol. The van der Waals surface area contributed by atoms with Crippen molar-refractivity contribution in [1.82, 2.24) is 9.55 Å². The number of hydrogen-bond acceptors (Lipinski definition) is 5. The van der Waals surface area contributed by atoms with Crippen molar-refractivity contribution in [2.75, 3.05) is 6.61 Å². The second-order valence-electron chi connectivity index (χ2n) is 4.90. The number of aromatic nitrogens is 2. The van der Waals surface area contributed by atoms with Crippen molar-refractivity contribution >= 4 is 27.5 Å². The van der Waals surface area contributed by atoms with Crippen LogP contribution in [0.4, 0.5) is 0 Å². The highest BCUT2D eigenvalue weighted by Crippen LogP contribution is 2.28. The Morgan fingerprint density at radius 1 is 1.45 bits per heavy atom. The van der Waals surface area contributed by atoms with Gasteiger partial charge in [-0.3, -0.25) is 9.36 Å². The molecule has 0 unspecified atom stereocenters. The maximum Gasteiger partial charge on any atom is 0.348 e. The number of carbonyl (C=O) groups excluding carboxylic acids is 1. The van der Waals surface area contributed by atoms with Crippen molar-refractivity contribution < 1.29 is 9.53 Å². The van der Waals surface area contributed by atoms with Crippen molar-refractivity contribution in [2.24, 2.45) is 0 Å². The summed E-state index contributed by atoms with van der Waals surface area (Å²) in [4.78, 5) is 30.2. The molecule has 0 spiro atoms. The molecule has 1 aliphatic heterocycles. The van der Waals surface area contributed by atoms with E-state index >= 15 is 0 Å². The molecule has 2 aromatic heterocycles. The zero-order valence-electron chi connectivity index (χ0n) is 11.6. The molecule has 3 heterocycles. The van der Waals surface area contributed by atoms with E-state index in [0.29, 0.717) is 27.3 Å². The van der Waals surface area contributed by atoms with Gasteiger partial charge in [0.25, 0.3) is 5.56 Å². The molecule has 0 amide bonds. The lowest BCUT2D eigenvalue weighted by atomic mass is 10.1. The summed E-state index contributed by atoms with van der Waals surface area (Å²) in [6, 6.07) is 0. The maximum atomic E-state index is 12.6. The second-order valence-corrected chi connectivity index (χ2v) is 5.90. The lowest BCUT2D eigenvalue weighted by Crippen LogP contribution is -2.28. The number of fused-ring (bicyclic) bond motifs is 2. The zero-order chi connectivity index (χ0) is 14.3. The molecule has 0 saturated carbocycles. The third-order valence-electron chi connectivity index (χ3n) is 3.62. The lowest BCUT2D eigenvalue weighted by molar-refractivity contribution is 0.0531. The minimum Gasteiger partial charge on any atom is -0.462 e. The average molecular weight is 292 g/mol. The molecule has 0 aliphatic carbocycles. The van der Waals surface area contributed by atoms with Gasteiger partial charge in [0.2, 0.25) is 0 Å². The number of rotatable bonds is 2. The summed E-state index contributed by atoms with van der Waals surface area (Å²) in [6.45, 7) is 4.62. The third kappa shape index (κ3) is 1.95. The molecule has 5 nitrogen and oxygen atoms in total. The molecule has 20 heavy (non-hydrogen) atoms. The van der Waals surface area contributed by atoms with Gasteiger partial charge in [0, 0.05) is 13.0 Å². The van der Waals surface area contributed by atoms with Gasteiger partial charge in [-0.1, -0.05) is 0 Å². The first-order chi connectivity index (χ1) is 9.63. The minimum atomic E-state index is -0.365. The molecule has 0 radical (unpaired) electrons. The smallest absolute Gasteiger partial charge is 0.348 e. The van der Waals surface area contributed by atoms with Gasteiger partial charge in [0.15, 0.2) is 0 Å². The summed E-state index contributed by atoms with van der Waals surface area (Å²) in [5, 5.41) is 0.573. The fraction of sp³-hybridized carbons (Fsp3) is 0.500. The third-order valence-corrected chi connectivity index (χ3v) is 4.79. The summed E-state index contributed by atoms with van der Waals surface area (Å²) >= 11 is 1.26. The van der Waals surface area contributed by atoms with Gasteiger partial charge in [-0.2, -0.15) is 0 Å². The van der Waals surface area contributed by atoms with Crippen LogP contribution in [0.5, 0.6) is 0 Å². The first-order valence-electron chi connectivity index (χ1n) is 6.83. The predicted octanol–water partition coefficient (Wildman–Crippen LogP) is 2.28. The van der Waals surface area contributed by atoms with Gasteiger partial charge in [0.1, 0.15) is 15.5 Å². The van der Waals surface area contributed by atoms with Crippen molar-refractivity contribution in [3.05, 3.63) is 26.6 Å². The summed E-state index contributed by atoms with van der Waals surface area (Å²) in [6.07, 6.45) is 2.90. The standard InChI is InChI=1S/C14H16N2O3S/c1-3-19-14(18)11-8(2)10-12(20-11)15-9-6-4-5-7-16(9)13(10)17/h3-7H2,1-2H3. The number of esters is 1. The van der Waals surface area contributed by atoms with Crippen molar-refractivity contribution in [2.45, 2.75) is 39.7 Å². The van der Waals surface area contributed by atoms with Gasteiger partial charge >= 0.3 is 5.97 Å². The van der Waals surface area contributed by atoms with Crippen LogP contribution in [0.15, 0.2) is 4.79 Å². The first kappa shape index (κ1) is 13.3. The fourth-order valence-electron chi connectivity index (χ4n) is 2.62. The molecule has 0 saturated heterocycles. The van der Waals surface area contributed by atoms with E-state index in [9.17, 15) is 9.59 Å². The number of aryl methyl sites for hydroxylation is 2. The number of ether oxygens (including phenoxy) is 1. The molecule has 6 heteroatoms. The number of carbonyl (C=O) groups is 1. The second kappa shape index (κ2) is 5.01. The Bertz CT molecular complexity index is 745. The molecule has 1 aliphatic rings. The van der Waals surface area contributed by atoms with E-state index in [0.717, 1.165) is 31.6 Å². The van der Waals surface area contributed by atoms with E-state index < -0.39 is 0 Å². The topological polar surface area (TPSA) is 61.2 Å². The van der Waals surface area contributed by atoms with Gasteiger partial charge in [-0.15, -0.1) is 11.3 Å². The van der Waals surface area contributed by atoms with Crippen LogP contribution in [0.2, 0.25) is 0 Å². The van der Waals surface area contributed by atoms with Crippen molar-refractivity contribution in [1.29, 1.82) is 0 Å². The Morgan fingerprint density at radius 3 is 3.00 bits per heavy atom. The largest absolute Gasteiger partial charge is 0.462 e. The molecule has 0 fully saturated rings. The predicted molar refractivity (Wildman–Crippen MR) is 77.5 cm³/mol. The molecule has 0 atom stereocenters. The van der Waals surface area contributed by atoms with Crippen LogP contribution in [-0.2, 0) is 17.7 Å². The van der Waals surface area contributed by atoms with Crippen LogP contribution in [0.25, 0.3) is 10.2 Å². The van der Waals surface area contributed by atoms with Crippen LogP contribution >= 0.6 is 11.3 Å². The highest BCUT2D eigenvalue weighted by Gasteiger charge is 2.22. The van der Waals surface area contributed by atoms with Crippen LogP contribution in [-0.4, -0.2) is 22.1 Å². The fourth-order valence-corrected chi connectivity index (χ4v) is 3.71. The average Bonchev–Trinajstić information content (AvgIpc) is 2.77. The highest BCUT2D eigenvalue weighted by atomic mass is 32.1. The summed E-state index contributed by atoms with van der Waals surface area (Å²) in [5.74, 6) is 0.473. The van der Waals surface area contributed by atoms with Gasteiger partial charge < -0.3 is 4.74 Å². The molecule has 0 aromatic carbocycles. The Hall–Kier alpha value is -1.69. The summed E-state index contributed by atoms with van der Waals surface area (Å²) < 4.78 is 6.79. The van der Waals surface area contributed by atoms with Gasteiger partial charge in [0.05, 0.1) is 12.0 Å².